The molecule has 3 amide bonds. The first-order valence-electron chi connectivity index (χ1n) is 8.96. The van der Waals surface area contributed by atoms with Gasteiger partial charge in [0.1, 0.15) is 5.82 Å². The number of likely N-dealkylation sites (N-methyl/N-ethyl adjacent to an activating group) is 1. The lowest BCUT2D eigenvalue weighted by Crippen LogP contribution is -2.33. The Morgan fingerprint density at radius 1 is 1.03 bits per heavy atom. The van der Waals surface area contributed by atoms with Crippen LogP contribution in [0.3, 0.4) is 0 Å². The quantitative estimate of drug-likeness (QED) is 0.526. The van der Waals surface area contributed by atoms with Gasteiger partial charge in [0.05, 0.1) is 17.5 Å². The molecular formula is C21H19FN2O5. The van der Waals surface area contributed by atoms with Gasteiger partial charge >= 0.3 is 5.97 Å². The third-order valence-electron chi connectivity index (χ3n) is 4.51. The van der Waals surface area contributed by atoms with Gasteiger partial charge in [-0.3, -0.25) is 24.1 Å². The predicted molar refractivity (Wildman–Crippen MR) is 100 cm³/mol. The molecule has 0 aromatic heterocycles. The van der Waals surface area contributed by atoms with Crippen LogP contribution >= 0.6 is 0 Å². The van der Waals surface area contributed by atoms with Crippen molar-refractivity contribution in [2.75, 3.05) is 20.2 Å². The summed E-state index contributed by atoms with van der Waals surface area (Å²) in [7, 11) is 1.51. The number of hydrogen-bond acceptors (Lipinski definition) is 5. The van der Waals surface area contributed by atoms with Gasteiger partial charge in [0.15, 0.2) is 6.61 Å². The molecule has 0 spiro atoms. The summed E-state index contributed by atoms with van der Waals surface area (Å²) in [5, 5.41) is 0. The van der Waals surface area contributed by atoms with Crippen LogP contribution in [0, 0.1) is 5.82 Å². The number of esters is 1. The second kappa shape index (κ2) is 8.64. The number of hydrogen-bond donors (Lipinski definition) is 0. The van der Waals surface area contributed by atoms with E-state index in [2.05, 4.69) is 0 Å². The van der Waals surface area contributed by atoms with E-state index in [-0.39, 0.29) is 19.5 Å². The summed E-state index contributed by atoms with van der Waals surface area (Å²) in [6, 6.07) is 12.3. The summed E-state index contributed by atoms with van der Waals surface area (Å²) in [4.78, 5) is 50.8. The van der Waals surface area contributed by atoms with Crippen molar-refractivity contribution in [3.8, 4) is 0 Å². The van der Waals surface area contributed by atoms with E-state index in [0.717, 1.165) is 4.90 Å². The van der Waals surface area contributed by atoms with E-state index < -0.39 is 36.1 Å². The maximum absolute atomic E-state index is 13.2. The maximum atomic E-state index is 13.2. The van der Waals surface area contributed by atoms with Crippen LogP contribution in [0.1, 0.15) is 32.7 Å². The molecule has 0 saturated heterocycles. The summed E-state index contributed by atoms with van der Waals surface area (Å²) in [5.74, 6) is -2.46. The lowest BCUT2D eigenvalue weighted by molar-refractivity contribution is -0.151. The highest BCUT2D eigenvalue weighted by atomic mass is 19.1. The number of nitrogens with zero attached hydrogens (tertiary/aromatic N) is 2. The summed E-state index contributed by atoms with van der Waals surface area (Å²) >= 11 is 0. The second-order valence-corrected chi connectivity index (χ2v) is 6.60. The number of halogens is 1. The number of rotatable bonds is 7. The molecule has 0 atom stereocenters. The van der Waals surface area contributed by atoms with Gasteiger partial charge in [-0.1, -0.05) is 24.3 Å². The van der Waals surface area contributed by atoms with Gasteiger partial charge in [0.2, 0.25) is 0 Å². The Morgan fingerprint density at radius 3 is 2.31 bits per heavy atom. The van der Waals surface area contributed by atoms with Crippen molar-refractivity contribution >= 4 is 23.7 Å². The Labute approximate surface area is 166 Å². The van der Waals surface area contributed by atoms with Gasteiger partial charge in [-0.15, -0.1) is 0 Å². The van der Waals surface area contributed by atoms with Crippen LogP contribution in [0.4, 0.5) is 4.39 Å². The van der Waals surface area contributed by atoms with Gasteiger partial charge in [0.25, 0.3) is 17.7 Å². The van der Waals surface area contributed by atoms with E-state index in [1.165, 1.54) is 24.1 Å². The van der Waals surface area contributed by atoms with Crippen LogP contribution in [0.2, 0.25) is 0 Å². The summed E-state index contributed by atoms with van der Waals surface area (Å²) in [5.41, 5.74) is 1.22. The molecule has 1 aliphatic rings. The fraction of sp³-hybridized carbons (Fsp3) is 0.238. The molecule has 29 heavy (non-hydrogen) atoms. The largest absolute Gasteiger partial charge is 0.456 e. The highest BCUT2D eigenvalue weighted by molar-refractivity contribution is 6.21. The molecule has 3 rings (SSSR count). The second-order valence-electron chi connectivity index (χ2n) is 6.60. The van der Waals surface area contributed by atoms with Crippen molar-refractivity contribution in [1.82, 2.24) is 9.80 Å². The maximum Gasteiger partial charge on any atom is 0.308 e. The van der Waals surface area contributed by atoms with E-state index in [0.29, 0.717) is 16.7 Å². The summed E-state index contributed by atoms with van der Waals surface area (Å²) < 4.78 is 18.1. The van der Waals surface area contributed by atoms with Crippen LogP contribution in [0.5, 0.6) is 0 Å². The molecule has 0 radical (unpaired) electrons. The van der Waals surface area contributed by atoms with Gasteiger partial charge in [-0.05, 0) is 29.8 Å². The van der Waals surface area contributed by atoms with E-state index in [9.17, 15) is 23.6 Å². The molecule has 7 nitrogen and oxygen atoms in total. The van der Waals surface area contributed by atoms with Crippen molar-refractivity contribution in [2.45, 2.75) is 13.0 Å². The van der Waals surface area contributed by atoms with E-state index in [1.807, 2.05) is 0 Å². The molecule has 2 aromatic rings. The molecule has 150 valence electrons. The summed E-state index contributed by atoms with van der Waals surface area (Å²) in [6.07, 6.45) is -0.216. The van der Waals surface area contributed by atoms with Gasteiger partial charge < -0.3 is 9.64 Å². The zero-order chi connectivity index (χ0) is 21.0. The summed E-state index contributed by atoms with van der Waals surface area (Å²) in [6.45, 7) is -0.436. The van der Waals surface area contributed by atoms with E-state index >= 15 is 0 Å². The zero-order valence-electron chi connectivity index (χ0n) is 15.8. The monoisotopic (exact) mass is 398 g/mol. The number of imide groups is 1. The molecule has 0 N–H and O–H groups in total. The van der Waals surface area contributed by atoms with Gasteiger partial charge in [-0.2, -0.15) is 0 Å². The lowest BCUT2D eigenvalue weighted by atomic mass is 10.1. The fourth-order valence-corrected chi connectivity index (χ4v) is 2.97. The number of benzene rings is 2. The minimum atomic E-state index is -0.700. The van der Waals surface area contributed by atoms with Crippen molar-refractivity contribution < 1.29 is 28.3 Å². The van der Waals surface area contributed by atoms with Crippen LogP contribution in [0.25, 0.3) is 0 Å². The van der Waals surface area contributed by atoms with Crippen molar-refractivity contribution in [1.29, 1.82) is 0 Å². The number of carbonyl (C=O) groups is 4. The Bertz CT molecular complexity index is 940. The van der Waals surface area contributed by atoms with Crippen molar-refractivity contribution in [3.63, 3.8) is 0 Å². The van der Waals surface area contributed by atoms with E-state index in [1.54, 1.807) is 36.4 Å². The predicted octanol–water partition coefficient (Wildman–Crippen LogP) is 2.01. The molecule has 2 aromatic carbocycles. The Kier molecular flexibility index (Phi) is 6.01. The highest BCUT2D eigenvalue weighted by Crippen LogP contribution is 2.22. The third-order valence-corrected chi connectivity index (χ3v) is 4.51. The topological polar surface area (TPSA) is 84.0 Å². The standard InChI is InChI=1S/C21H19FN2O5/c1-23(12-14-5-4-6-15(22)11-14)18(25)13-29-19(26)9-10-24-20(27)16-7-2-3-8-17(16)21(24)28/h2-8,11H,9-10,12-13H2,1H3. The zero-order valence-corrected chi connectivity index (χ0v) is 15.8. The Morgan fingerprint density at radius 2 is 1.69 bits per heavy atom. The van der Waals surface area contributed by atoms with Crippen LogP contribution < -0.4 is 0 Å². The molecular weight excluding hydrogens is 379 g/mol. The number of carbonyl (C=O) groups excluding carboxylic acids is 4. The SMILES string of the molecule is CN(Cc1cccc(F)c1)C(=O)COC(=O)CCN1C(=O)c2ccccc2C1=O. The van der Waals surface area contributed by atoms with Crippen molar-refractivity contribution in [2.24, 2.45) is 0 Å². The van der Waals surface area contributed by atoms with Gasteiger partial charge in [-0.25, -0.2) is 4.39 Å². The van der Waals surface area contributed by atoms with Crippen LogP contribution in [-0.2, 0) is 20.9 Å². The van der Waals surface area contributed by atoms with Gasteiger partial charge in [0, 0.05) is 20.1 Å². The molecule has 0 fully saturated rings. The normalized spacial score (nSPS) is 12.7. The fourth-order valence-electron chi connectivity index (χ4n) is 2.97. The molecule has 1 heterocycles. The highest BCUT2D eigenvalue weighted by Gasteiger charge is 2.35. The van der Waals surface area contributed by atoms with Crippen molar-refractivity contribution in [3.05, 3.63) is 71.0 Å². The Hall–Kier alpha value is -3.55. The first-order valence-corrected chi connectivity index (χ1v) is 8.96. The first-order chi connectivity index (χ1) is 13.9. The van der Waals surface area contributed by atoms with Crippen LogP contribution in [0.15, 0.2) is 48.5 Å². The number of ether oxygens (including phenoxy) is 1. The molecule has 0 unspecified atom stereocenters. The average Bonchev–Trinajstić information content (AvgIpc) is 2.95. The minimum Gasteiger partial charge on any atom is -0.456 e. The average molecular weight is 398 g/mol. The smallest absolute Gasteiger partial charge is 0.308 e. The first kappa shape index (κ1) is 20.2. The number of fused-ring (bicyclic) bond motifs is 1. The molecule has 0 saturated carbocycles. The molecule has 1 aliphatic heterocycles. The minimum absolute atomic E-state index is 0.126. The molecule has 8 heteroatoms. The third kappa shape index (κ3) is 4.66. The molecule has 0 aliphatic carbocycles. The molecule has 0 bridgehead atoms. The number of amides is 3. The lowest BCUT2D eigenvalue weighted by Gasteiger charge is -2.17. The Balaban J connectivity index is 1.45. The van der Waals surface area contributed by atoms with E-state index in [4.69, 9.17) is 4.74 Å². The van der Waals surface area contributed by atoms with Crippen LogP contribution in [-0.4, -0.2) is 53.7 Å².